The highest BCUT2D eigenvalue weighted by Gasteiger charge is 2.00. The van der Waals surface area contributed by atoms with E-state index in [0.29, 0.717) is 12.5 Å². The molecule has 2 aromatic rings. The highest BCUT2D eigenvalue weighted by molar-refractivity contribution is 7.09. The number of nitrogens with two attached hydrogens (primary N) is 1. The lowest BCUT2D eigenvalue weighted by atomic mass is 10.2. The van der Waals surface area contributed by atoms with Gasteiger partial charge in [-0.3, -0.25) is 0 Å². The van der Waals surface area contributed by atoms with E-state index in [9.17, 15) is 0 Å². The largest absolute Gasteiger partial charge is 0.370 e. The van der Waals surface area contributed by atoms with Crippen LogP contribution in [0.4, 0.5) is 5.69 Å². The number of thiazole rings is 1. The van der Waals surface area contributed by atoms with Crippen LogP contribution in [0, 0.1) is 6.92 Å². The third-order valence-electron chi connectivity index (χ3n) is 2.64. The minimum atomic E-state index is 0.412. The summed E-state index contributed by atoms with van der Waals surface area (Å²) in [4.78, 5) is 8.73. The van der Waals surface area contributed by atoms with Crippen LogP contribution in [0.5, 0.6) is 0 Å². The average molecular weight is 274 g/mol. The van der Waals surface area contributed by atoms with Crippen LogP contribution < -0.4 is 11.1 Å². The van der Waals surface area contributed by atoms with Crippen molar-refractivity contribution in [3.8, 4) is 0 Å². The minimum absolute atomic E-state index is 0.412. The fourth-order valence-corrected chi connectivity index (χ4v) is 2.31. The van der Waals surface area contributed by atoms with Gasteiger partial charge in [0.2, 0.25) is 0 Å². The van der Waals surface area contributed by atoms with E-state index in [2.05, 4.69) is 29.1 Å². The molecule has 0 atom stereocenters. The number of nitrogens with one attached hydrogen (secondary N) is 1. The van der Waals surface area contributed by atoms with E-state index >= 15 is 0 Å². The molecule has 1 heterocycles. The monoisotopic (exact) mass is 274 g/mol. The highest BCUT2D eigenvalue weighted by Crippen LogP contribution is 2.11. The second-order valence-electron chi connectivity index (χ2n) is 4.28. The topological polar surface area (TPSA) is 63.3 Å². The smallest absolute Gasteiger partial charge is 0.193 e. The normalized spacial score (nSPS) is 11.6. The molecule has 2 rings (SSSR count). The average Bonchev–Trinajstić information content (AvgIpc) is 2.87. The first-order valence-corrected chi connectivity index (χ1v) is 7.12. The number of anilines is 1. The van der Waals surface area contributed by atoms with Crippen molar-refractivity contribution in [3.63, 3.8) is 0 Å². The summed E-state index contributed by atoms with van der Waals surface area (Å²) in [6, 6.07) is 8.03. The Kier molecular flexibility index (Phi) is 4.52. The molecular weight excluding hydrogens is 256 g/mol. The molecule has 3 N–H and O–H groups in total. The Morgan fingerprint density at radius 2 is 2.11 bits per heavy atom. The van der Waals surface area contributed by atoms with E-state index in [1.165, 1.54) is 5.56 Å². The van der Waals surface area contributed by atoms with Crippen molar-refractivity contribution in [3.05, 3.63) is 45.9 Å². The number of aryl methyl sites for hydroxylation is 2. The maximum absolute atomic E-state index is 5.85. The Bertz CT molecular complexity index is 557. The van der Waals surface area contributed by atoms with Gasteiger partial charge in [0.25, 0.3) is 0 Å². The van der Waals surface area contributed by atoms with Crippen molar-refractivity contribution in [1.29, 1.82) is 0 Å². The van der Waals surface area contributed by atoms with E-state index < -0.39 is 0 Å². The van der Waals surface area contributed by atoms with Gasteiger partial charge in [-0.2, -0.15) is 0 Å². The van der Waals surface area contributed by atoms with Crippen molar-refractivity contribution in [2.75, 3.05) is 5.32 Å². The molecule has 0 saturated carbocycles. The van der Waals surface area contributed by atoms with Gasteiger partial charge in [0.05, 0.1) is 17.2 Å². The van der Waals surface area contributed by atoms with Crippen molar-refractivity contribution in [1.82, 2.24) is 4.98 Å². The zero-order chi connectivity index (χ0) is 13.7. The van der Waals surface area contributed by atoms with E-state index in [-0.39, 0.29) is 0 Å². The van der Waals surface area contributed by atoms with Crippen LogP contribution in [0.25, 0.3) is 0 Å². The fourth-order valence-electron chi connectivity index (χ4n) is 1.57. The third kappa shape index (κ3) is 4.06. The number of rotatable bonds is 4. The molecule has 0 aliphatic heterocycles. The molecule has 0 amide bonds. The zero-order valence-corrected chi connectivity index (χ0v) is 12.0. The molecule has 0 bridgehead atoms. The summed E-state index contributed by atoms with van der Waals surface area (Å²) in [5.74, 6) is 0.412. The van der Waals surface area contributed by atoms with E-state index in [0.717, 1.165) is 22.8 Å². The predicted octanol–water partition coefficient (Wildman–Crippen LogP) is 2.94. The second kappa shape index (κ2) is 6.33. The van der Waals surface area contributed by atoms with Crippen LogP contribution >= 0.6 is 11.3 Å². The summed E-state index contributed by atoms with van der Waals surface area (Å²) in [6.07, 6.45) is 0.964. The van der Waals surface area contributed by atoms with Gasteiger partial charge >= 0.3 is 0 Å². The lowest BCUT2D eigenvalue weighted by molar-refractivity contribution is 0.969. The van der Waals surface area contributed by atoms with Crippen molar-refractivity contribution in [2.24, 2.45) is 10.7 Å². The Labute approximate surface area is 117 Å². The van der Waals surface area contributed by atoms with Crippen molar-refractivity contribution < 1.29 is 0 Å². The molecule has 1 aromatic heterocycles. The number of hydrogen-bond acceptors (Lipinski definition) is 3. The molecule has 5 heteroatoms. The zero-order valence-electron chi connectivity index (χ0n) is 11.2. The van der Waals surface area contributed by atoms with Crippen LogP contribution in [-0.4, -0.2) is 10.9 Å². The van der Waals surface area contributed by atoms with Crippen LogP contribution in [0.1, 0.15) is 23.2 Å². The van der Waals surface area contributed by atoms with Gasteiger partial charge in [0.1, 0.15) is 0 Å². The van der Waals surface area contributed by atoms with Crippen LogP contribution in [-0.2, 0) is 13.0 Å². The Morgan fingerprint density at radius 3 is 2.74 bits per heavy atom. The quantitative estimate of drug-likeness (QED) is 0.665. The molecule has 0 aliphatic carbocycles. The molecule has 1 aromatic carbocycles. The van der Waals surface area contributed by atoms with Crippen LogP contribution in [0.3, 0.4) is 0 Å². The Hall–Kier alpha value is -1.88. The second-order valence-corrected chi connectivity index (χ2v) is 5.22. The molecular formula is C14H18N4S. The first kappa shape index (κ1) is 13.5. The molecule has 4 nitrogen and oxygen atoms in total. The summed E-state index contributed by atoms with van der Waals surface area (Å²) in [6.45, 7) is 4.66. The number of benzene rings is 1. The molecule has 0 fully saturated rings. The van der Waals surface area contributed by atoms with Gasteiger partial charge in [-0.1, -0.05) is 24.6 Å². The number of guanidine groups is 1. The van der Waals surface area contributed by atoms with E-state index in [1.807, 2.05) is 29.6 Å². The highest BCUT2D eigenvalue weighted by atomic mass is 32.1. The summed E-state index contributed by atoms with van der Waals surface area (Å²) in [7, 11) is 0. The molecule has 19 heavy (non-hydrogen) atoms. The molecule has 0 radical (unpaired) electrons. The first-order chi connectivity index (χ1) is 9.17. The summed E-state index contributed by atoms with van der Waals surface area (Å²) in [5, 5.41) is 6.23. The molecule has 0 spiro atoms. The maximum atomic E-state index is 5.85. The van der Waals surface area contributed by atoms with Gasteiger partial charge in [-0.25, -0.2) is 9.98 Å². The van der Waals surface area contributed by atoms with E-state index in [4.69, 9.17) is 5.73 Å². The third-order valence-corrected chi connectivity index (χ3v) is 3.68. The van der Waals surface area contributed by atoms with Crippen molar-refractivity contribution >= 4 is 23.0 Å². The molecule has 0 saturated heterocycles. The maximum Gasteiger partial charge on any atom is 0.193 e. The van der Waals surface area contributed by atoms with Gasteiger partial charge in [0, 0.05) is 11.1 Å². The van der Waals surface area contributed by atoms with E-state index in [1.54, 1.807) is 11.3 Å². The summed E-state index contributed by atoms with van der Waals surface area (Å²) in [5.41, 5.74) is 8.98. The fraction of sp³-hybridized carbons (Fsp3) is 0.286. The molecule has 100 valence electrons. The lowest BCUT2D eigenvalue weighted by Gasteiger charge is -2.05. The first-order valence-electron chi connectivity index (χ1n) is 6.24. The summed E-state index contributed by atoms with van der Waals surface area (Å²) >= 11 is 1.67. The molecule has 0 aliphatic rings. The lowest BCUT2D eigenvalue weighted by Crippen LogP contribution is -2.22. The predicted molar refractivity (Wildman–Crippen MR) is 81.6 cm³/mol. The van der Waals surface area contributed by atoms with Crippen molar-refractivity contribution in [2.45, 2.75) is 26.8 Å². The SMILES string of the molecule is CCc1nc(CN=C(N)Nc2ccc(C)cc2)cs1. The molecule has 0 unspecified atom stereocenters. The number of aromatic nitrogens is 1. The van der Waals surface area contributed by atoms with Crippen LogP contribution in [0.15, 0.2) is 34.6 Å². The number of aliphatic imine (C=N–C) groups is 1. The van der Waals surface area contributed by atoms with Gasteiger partial charge in [-0.15, -0.1) is 11.3 Å². The number of hydrogen-bond donors (Lipinski definition) is 2. The minimum Gasteiger partial charge on any atom is -0.370 e. The van der Waals surface area contributed by atoms with Crippen LogP contribution in [0.2, 0.25) is 0 Å². The Morgan fingerprint density at radius 1 is 1.37 bits per heavy atom. The number of nitrogens with zero attached hydrogens (tertiary/aromatic N) is 2. The Balaban J connectivity index is 1.93. The summed E-state index contributed by atoms with van der Waals surface area (Å²) < 4.78 is 0. The van der Waals surface area contributed by atoms with Gasteiger partial charge in [-0.05, 0) is 25.5 Å². The van der Waals surface area contributed by atoms with Gasteiger partial charge in [0.15, 0.2) is 5.96 Å². The standard InChI is InChI=1S/C14H18N4S/c1-3-13-17-12(9-19-13)8-16-14(15)18-11-6-4-10(2)5-7-11/h4-7,9H,3,8H2,1-2H3,(H3,15,16,18). The van der Waals surface area contributed by atoms with Gasteiger partial charge < -0.3 is 11.1 Å².